The van der Waals surface area contributed by atoms with Crippen LogP contribution in [-0.4, -0.2) is 81.3 Å². The predicted octanol–water partition coefficient (Wildman–Crippen LogP) is 3.69. The lowest BCUT2D eigenvalue weighted by Gasteiger charge is -2.36. The Hall–Kier alpha value is -4.36. The molecule has 1 spiro atoms. The Morgan fingerprint density at radius 1 is 1.08 bits per heavy atom. The lowest BCUT2D eigenvalue weighted by Crippen LogP contribution is -2.59. The molecule has 0 bridgehead atoms. The Labute approximate surface area is 292 Å². The Morgan fingerprint density at radius 2 is 1.80 bits per heavy atom. The van der Waals surface area contributed by atoms with Crippen molar-refractivity contribution in [3.05, 3.63) is 39.9 Å². The molecule has 2 heterocycles. The van der Waals surface area contributed by atoms with Crippen molar-refractivity contribution in [1.82, 2.24) is 20.9 Å². The molecule has 1 aromatic carbocycles. The number of ketones is 1. The summed E-state index contributed by atoms with van der Waals surface area (Å²) in [5.41, 5.74) is -1.05. The molecule has 3 N–H and O–H groups in total. The van der Waals surface area contributed by atoms with E-state index >= 15 is 0 Å². The molecule has 2 aliphatic heterocycles. The van der Waals surface area contributed by atoms with Crippen LogP contribution in [0.3, 0.4) is 0 Å². The number of nitro benzene ring substituents is 1. The zero-order valence-electron chi connectivity index (χ0n) is 29.5. The second-order valence-corrected chi connectivity index (χ2v) is 15.5. The van der Waals surface area contributed by atoms with Crippen molar-refractivity contribution < 1.29 is 33.7 Å². The summed E-state index contributed by atoms with van der Waals surface area (Å²) < 4.78 is 0. The first kappa shape index (κ1) is 36.9. The Balaban J connectivity index is 1.39. The monoisotopic (exact) mass is 694 g/mol. The van der Waals surface area contributed by atoms with Crippen LogP contribution in [0.5, 0.6) is 0 Å². The van der Waals surface area contributed by atoms with Crippen LogP contribution in [0.4, 0.5) is 5.69 Å². The number of hydrogen-bond acceptors (Lipinski definition) is 9. The third kappa shape index (κ3) is 8.86. The van der Waals surface area contributed by atoms with Gasteiger partial charge in [0.05, 0.1) is 23.2 Å². The molecule has 0 aromatic heterocycles. The van der Waals surface area contributed by atoms with Crippen molar-refractivity contribution in [2.24, 2.45) is 16.5 Å². The number of nitrogens with one attached hydrogen (secondary N) is 3. The molecular weight excluding hydrogens is 644 g/mol. The summed E-state index contributed by atoms with van der Waals surface area (Å²) in [5, 5.41) is 24.1. The maximum Gasteiger partial charge on any atom is 0.289 e. The smallest absolute Gasteiger partial charge is 0.289 e. The fraction of sp³-hybridized carbons (Fsp3) is 0.667. The van der Waals surface area contributed by atoms with E-state index in [-0.39, 0.29) is 49.4 Å². The lowest BCUT2D eigenvalue weighted by atomic mass is 9.84. The number of hydrogen-bond donors (Lipinski definition) is 3. The van der Waals surface area contributed by atoms with Gasteiger partial charge >= 0.3 is 0 Å². The van der Waals surface area contributed by atoms with E-state index in [2.05, 4.69) is 21.1 Å². The van der Waals surface area contributed by atoms with Crippen LogP contribution < -0.4 is 16.0 Å². The van der Waals surface area contributed by atoms with Crippen LogP contribution in [-0.2, 0) is 28.8 Å². The van der Waals surface area contributed by atoms with Crippen LogP contribution in [0.15, 0.2) is 29.4 Å². The highest BCUT2D eigenvalue weighted by Gasteiger charge is 2.55. The summed E-state index contributed by atoms with van der Waals surface area (Å²) in [7, 11) is 0. The highest BCUT2D eigenvalue weighted by molar-refractivity contribution is 6.38. The van der Waals surface area contributed by atoms with E-state index in [9.17, 15) is 34.1 Å². The molecule has 0 unspecified atom stereocenters. The Kier molecular flexibility index (Phi) is 11.3. The second kappa shape index (κ2) is 15.3. The SMILES string of the molecule is CCC[C@H](NC(=O)[C@@H]1C[C@]2(CC(c3cccc([N+](=O)[O-])c3)=NO2)CN1C(=O)[C@@H](NC(=O)CC1CCCCC1)C(C)(C)C)C(=O)C(=O)NC1CC1. The highest BCUT2D eigenvalue weighted by atomic mass is 16.7. The average Bonchev–Trinajstić information content (AvgIpc) is 3.67. The molecule has 0 radical (unpaired) electrons. The molecule has 1 aromatic rings. The highest BCUT2D eigenvalue weighted by Crippen LogP contribution is 2.40. The first-order valence-corrected chi connectivity index (χ1v) is 17.9. The minimum absolute atomic E-state index is 0.0146. The summed E-state index contributed by atoms with van der Waals surface area (Å²) in [5.74, 6) is -2.53. The number of nitro groups is 1. The molecule has 4 atom stereocenters. The summed E-state index contributed by atoms with van der Waals surface area (Å²) in [6.07, 6.45) is 8.12. The third-order valence-electron chi connectivity index (χ3n) is 10.2. The van der Waals surface area contributed by atoms with Crippen LogP contribution in [0.25, 0.3) is 0 Å². The molecule has 14 heteroatoms. The number of nitrogens with zero attached hydrogens (tertiary/aromatic N) is 3. The molecular formula is C36H50N6O8. The third-order valence-corrected chi connectivity index (χ3v) is 10.2. The number of Topliss-reactive ketones (excluding diaryl/α,β-unsaturated/α-hetero) is 1. The molecule has 2 saturated carbocycles. The summed E-state index contributed by atoms with van der Waals surface area (Å²) in [6.45, 7) is 7.34. The minimum atomic E-state index is -1.14. The number of benzene rings is 1. The molecule has 3 fully saturated rings. The van der Waals surface area contributed by atoms with Gasteiger partial charge in [0, 0.05) is 43.0 Å². The Bertz CT molecular complexity index is 1530. The average molecular weight is 695 g/mol. The largest absolute Gasteiger partial charge is 0.387 e. The maximum absolute atomic E-state index is 14.6. The standard InChI is InChI=1S/C36H50N6O8/c1-5-10-26(30(44)33(46)37-24-15-16-24)38-32(45)28-20-36(19-27(40-50-36)23-13-9-14-25(18-23)42(48)49)21-41(28)34(47)31(35(2,3)4)39-29(43)17-22-11-7-6-8-12-22/h9,13-14,18,22,24,26,28,31H,5-8,10-12,15-17,19-21H2,1-4H3,(H,37,46)(H,38,45)(H,39,43)/t26-,28-,31+,36+/m0/s1. The quantitative estimate of drug-likeness (QED) is 0.158. The molecule has 272 valence electrons. The van der Waals surface area contributed by atoms with E-state index in [1.807, 2.05) is 27.7 Å². The zero-order valence-corrected chi connectivity index (χ0v) is 29.5. The molecule has 14 nitrogen and oxygen atoms in total. The number of carbonyl (C=O) groups excluding carboxylic acids is 5. The molecule has 50 heavy (non-hydrogen) atoms. The van der Waals surface area contributed by atoms with Gasteiger partial charge in [-0.15, -0.1) is 0 Å². The van der Waals surface area contributed by atoms with E-state index in [4.69, 9.17) is 4.84 Å². The molecule has 4 aliphatic rings. The van der Waals surface area contributed by atoms with Crippen molar-refractivity contribution in [3.8, 4) is 0 Å². The van der Waals surface area contributed by atoms with Crippen LogP contribution in [0.2, 0.25) is 0 Å². The number of rotatable bonds is 13. The summed E-state index contributed by atoms with van der Waals surface area (Å²) in [6, 6.07) is 2.80. The van der Waals surface area contributed by atoms with E-state index in [1.54, 1.807) is 12.1 Å². The summed E-state index contributed by atoms with van der Waals surface area (Å²) in [4.78, 5) is 86.2. The maximum atomic E-state index is 14.6. The minimum Gasteiger partial charge on any atom is -0.387 e. The van der Waals surface area contributed by atoms with Gasteiger partial charge in [0.1, 0.15) is 12.1 Å². The molecule has 1 saturated heterocycles. The molecule has 4 amide bonds. The van der Waals surface area contributed by atoms with Crippen molar-refractivity contribution in [2.45, 2.75) is 135 Å². The van der Waals surface area contributed by atoms with Gasteiger partial charge in [-0.2, -0.15) is 0 Å². The van der Waals surface area contributed by atoms with Crippen LogP contribution >= 0.6 is 0 Å². The van der Waals surface area contributed by atoms with E-state index < -0.39 is 57.6 Å². The second-order valence-electron chi connectivity index (χ2n) is 15.5. The number of likely N-dealkylation sites (tertiary alicyclic amines) is 1. The Morgan fingerprint density at radius 3 is 2.44 bits per heavy atom. The van der Waals surface area contributed by atoms with Crippen molar-refractivity contribution >= 4 is 40.8 Å². The lowest BCUT2D eigenvalue weighted by molar-refractivity contribution is -0.384. The number of carbonyl (C=O) groups is 5. The fourth-order valence-corrected chi connectivity index (χ4v) is 7.24. The van der Waals surface area contributed by atoms with E-state index in [0.29, 0.717) is 24.1 Å². The van der Waals surface area contributed by atoms with Crippen molar-refractivity contribution in [1.29, 1.82) is 0 Å². The zero-order chi connectivity index (χ0) is 36.2. The van der Waals surface area contributed by atoms with Crippen LogP contribution in [0, 0.1) is 21.4 Å². The normalized spacial score (nSPS) is 23.4. The van der Waals surface area contributed by atoms with E-state index in [0.717, 1.165) is 44.9 Å². The predicted molar refractivity (Wildman–Crippen MR) is 184 cm³/mol. The van der Waals surface area contributed by atoms with Gasteiger partial charge in [-0.1, -0.05) is 70.7 Å². The van der Waals surface area contributed by atoms with Gasteiger partial charge in [-0.05, 0) is 43.4 Å². The number of non-ortho nitro benzene ring substituents is 1. The first-order valence-electron chi connectivity index (χ1n) is 17.9. The van der Waals surface area contributed by atoms with Gasteiger partial charge in [0.2, 0.25) is 23.5 Å². The van der Waals surface area contributed by atoms with Gasteiger partial charge in [0.15, 0.2) is 5.60 Å². The van der Waals surface area contributed by atoms with Crippen molar-refractivity contribution in [3.63, 3.8) is 0 Å². The van der Waals surface area contributed by atoms with Crippen molar-refractivity contribution in [2.75, 3.05) is 6.54 Å². The number of amides is 4. The van der Waals surface area contributed by atoms with Gasteiger partial charge in [0.25, 0.3) is 11.6 Å². The fourth-order valence-electron chi connectivity index (χ4n) is 7.24. The number of oxime groups is 1. The van der Waals surface area contributed by atoms with Crippen LogP contribution in [0.1, 0.15) is 110 Å². The molecule has 2 aliphatic carbocycles. The van der Waals surface area contributed by atoms with Gasteiger partial charge in [-0.3, -0.25) is 34.1 Å². The van der Waals surface area contributed by atoms with Gasteiger partial charge in [-0.25, -0.2) is 0 Å². The van der Waals surface area contributed by atoms with E-state index in [1.165, 1.54) is 17.0 Å². The topological polar surface area (TPSA) is 189 Å². The first-order chi connectivity index (χ1) is 23.7. The summed E-state index contributed by atoms with van der Waals surface area (Å²) >= 11 is 0. The van der Waals surface area contributed by atoms with Gasteiger partial charge < -0.3 is 25.7 Å². The molecule has 5 rings (SSSR count).